The first-order valence-electron chi connectivity index (χ1n) is 6.09. The Morgan fingerprint density at radius 3 is 2.76 bits per heavy atom. The molecule has 17 heavy (non-hydrogen) atoms. The topological polar surface area (TPSA) is 28.4 Å². The highest BCUT2D eigenvalue weighted by Crippen LogP contribution is 2.23. The van der Waals surface area contributed by atoms with Crippen LogP contribution in [0.2, 0.25) is 0 Å². The van der Waals surface area contributed by atoms with E-state index >= 15 is 0 Å². The van der Waals surface area contributed by atoms with Crippen LogP contribution in [0.25, 0.3) is 11.0 Å². The second kappa shape index (κ2) is 5.34. The molecule has 3 nitrogen and oxygen atoms in total. The lowest BCUT2D eigenvalue weighted by molar-refractivity contribution is 0.291. The Kier molecular flexibility index (Phi) is 3.82. The first-order chi connectivity index (χ1) is 8.24. The van der Waals surface area contributed by atoms with E-state index < -0.39 is 0 Å². The molecule has 1 atom stereocenters. The van der Waals surface area contributed by atoms with Gasteiger partial charge in [-0.15, -0.1) is 0 Å². The largest absolute Gasteiger partial charge is 0.459 e. The first-order valence-corrected chi connectivity index (χ1v) is 6.09. The van der Waals surface area contributed by atoms with E-state index in [1.165, 1.54) is 5.39 Å². The Morgan fingerprint density at radius 2 is 2.12 bits per heavy atom. The molecule has 0 saturated carbocycles. The third-order valence-electron chi connectivity index (χ3n) is 3.17. The molecule has 0 radical (unpaired) electrons. The van der Waals surface area contributed by atoms with E-state index in [0.29, 0.717) is 0 Å². The van der Waals surface area contributed by atoms with Crippen molar-refractivity contribution in [1.29, 1.82) is 0 Å². The molecule has 3 heteroatoms. The molecule has 2 rings (SSSR count). The predicted octanol–water partition coefficient (Wildman–Crippen LogP) is 2.65. The van der Waals surface area contributed by atoms with Crippen molar-refractivity contribution in [2.75, 3.05) is 27.2 Å². The van der Waals surface area contributed by atoms with Gasteiger partial charge in [0.25, 0.3) is 0 Å². The van der Waals surface area contributed by atoms with Gasteiger partial charge < -0.3 is 14.6 Å². The van der Waals surface area contributed by atoms with Crippen LogP contribution in [-0.2, 0) is 0 Å². The van der Waals surface area contributed by atoms with Gasteiger partial charge in [0.15, 0.2) is 0 Å². The van der Waals surface area contributed by atoms with Gasteiger partial charge in [0, 0.05) is 11.9 Å². The SMILES string of the molecule is CCN(C)CC(NC)c1cc2ccccc2o1. The zero-order chi connectivity index (χ0) is 12.3. The Hall–Kier alpha value is -1.32. The van der Waals surface area contributed by atoms with Crippen LogP contribution in [0.5, 0.6) is 0 Å². The van der Waals surface area contributed by atoms with Crippen LogP contribution in [0.3, 0.4) is 0 Å². The molecule has 0 spiro atoms. The van der Waals surface area contributed by atoms with Crippen molar-refractivity contribution in [1.82, 2.24) is 10.2 Å². The van der Waals surface area contributed by atoms with Crippen LogP contribution in [0.1, 0.15) is 18.7 Å². The average Bonchev–Trinajstić information content (AvgIpc) is 2.78. The maximum atomic E-state index is 5.88. The predicted molar refractivity (Wildman–Crippen MR) is 71.2 cm³/mol. The molecule has 0 aliphatic carbocycles. The number of furan rings is 1. The molecular formula is C14H20N2O. The summed E-state index contributed by atoms with van der Waals surface area (Å²) in [5, 5.41) is 4.48. The number of nitrogens with zero attached hydrogens (tertiary/aromatic N) is 1. The number of likely N-dealkylation sites (N-methyl/N-ethyl adjacent to an activating group) is 2. The van der Waals surface area contributed by atoms with Gasteiger partial charge in [-0.1, -0.05) is 25.1 Å². The minimum atomic E-state index is 0.243. The summed E-state index contributed by atoms with van der Waals surface area (Å²) in [6.45, 7) is 4.15. The standard InChI is InChI=1S/C14H20N2O/c1-4-16(3)10-12(15-2)14-9-11-7-5-6-8-13(11)17-14/h5-9,12,15H,4,10H2,1-3H3. The van der Waals surface area contributed by atoms with Crippen LogP contribution in [0.4, 0.5) is 0 Å². The summed E-state index contributed by atoms with van der Waals surface area (Å²) in [5.74, 6) is 1.01. The van der Waals surface area contributed by atoms with Gasteiger partial charge in [-0.2, -0.15) is 0 Å². The van der Waals surface area contributed by atoms with Crippen molar-refractivity contribution in [3.8, 4) is 0 Å². The minimum Gasteiger partial charge on any atom is -0.459 e. The number of hydrogen-bond acceptors (Lipinski definition) is 3. The summed E-state index contributed by atoms with van der Waals surface area (Å²) in [6.07, 6.45) is 0. The fraction of sp³-hybridized carbons (Fsp3) is 0.429. The number of para-hydroxylation sites is 1. The van der Waals surface area contributed by atoms with Gasteiger partial charge in [0.05, 0.1) is 6.04 Å². The molecule has 0 saturated heterocycles. The summed E-state index contributed by atoms with van der Waals surface area (Å²) in [7, 11) is 4.09. The number of hydrogen-bond donors (Lipinski definition) is 1. The smallest absolute Gasteiger partial charge is 0.134 e. The first kappa shape index (κ1) is 12.1. The molecule has 0 fully saturated rings. The van der Waals surface area contributed by atoms with Gasteiger partial charge in [0.2, 0.25) is 0 Å². The van der Waals surface area contributed by atoms with Crippen LogP contribution in [-0.4, -0.2) is 32.1 Å². The average molecular weight is 232 g/mol. The van der Waals surface area contributed by atoms with E-state index in [0.717, 1.165) is 24.4 Å². The van der Waals surface area contributed by atoms with Gasteiger partial charge in [-0.3, -0.25) is 0 Å². The van der Waals surface area contributed by atoms with Gasteiger partial charge in [-0.25, -0.2) is 0 Å². The van der Waals surface area contributed by atoms with Gasteiger partial charge in [0.1, 0.15) is 11.3 Å². The maximum absolute atomic E-state index is 5.88. The van der Waals surface area contributed by atoms with Crippen molar-refractivity contribution < 1.29 is 4.42 Å². The van der Waals surface area contributed by atoms with E-state index in [9.17, 15) is 0 Å². The number of fused-ring (bicyclic) bond motifs is 1. The van der Waals surface area contributed by atoms with E-state index in [-0.39, 0.29) is 6.04 Å². The summed E-state index contributed by atoms with van der Waals surface area (Å²) < 4.78 is 5.88. The second-order valence-electron chi connectivity index (χ2n) is 4.38. The maximum Gasteiger partial charge on any atom is 0.134 e. The fourth-order valence-corrected chi connectivity index (χ4v) is 1.94. The highest BCUT2D eigenvalue weighted by atomic mass is 16.3. The molecule has 0 amide bonds. The van der Waals surface area contributed by atoms with E-state index in [4.69, 9.17) is 4.42 Å². The Morgan fingerprint density at radius 1 is 1.35 bits per heavy atom. The zero-order valence-electron chi connectivity index (χ0n) is 10.7. The third-order valence-corrected chi connectivity index (χ3v) is 3.17. The fourth-order valence-electron chi connectivity index (χ4n) is 1.94. The lowest BCUT2D eigenvalue weighted by atomic mass is 10.2. The molecule has 0 aliphatic heterocycles. The zero-order valence-corrected chi connectivity index (χ0v) is 10.7. The van der Waals surface area contributed by atoms with Crippen LogP contribution < -0.4 is 5.32 Å². The van der Waals surface area contributed by atoms with Crippen molar-refractivity contribution in [2.24, 2.45) is 0 Å². The molecule has 1 aromatic carbocycles. The summed E-state index contributed by atoms with van der Waals surface area (Å²) in [4.78, 5) is 2.27. The number of nitrogens with one attached hydrogen (secondary N) is 1. The summed E-state index contributed by atoms with van der Waals surface area (Å²) in [5.41, 5.74) is 0.960. The van der Waals surface area contributed by atoms with Crippen LogP contribution in [0, 0.1) is 0 Å². The van der Waals surface area contributed by atoms with Gasteiger partial charge in [-0.05, 0) is 32.8 Å². The Labute approximate surface area is 102 Å². The number of rotatable bonds is 5. The molecule has 1 aromatic heterocycles. The molecule has 1 heterocycles. The van der Waals surface area contributed by atoms with E-state index in [1.807, 2.05) is 25.2 Å². The minimum absolute atomic E-state index is 0.243. The lowest BCUT2D eigenvalue weighted by Crippen LogP contribution is -2.30. The van der Waals surface area contributed by atoms with Crippen LogP contribution >= 0.6 is 0 Å². The van der Waals surface area contributed by atoms with Crippen molar-refractivity contribution >= 4 is 11.0 Å². The monoisotopic (exact) mass is 232 g/mol. The van der Waals surface area contributed by atoms with Crippen LogP contribution in [0.15, 0.2) is 34.7 Å². The van der Waals surface area contributed by atoms with Crippen molar-refractivity contribution in [2.45, 2.75) is 13.0 Å². The van der Waals surface area contributed by atoms with Crippen molar-refractivity contribution in [3.05, 3.63) is 36.1 Å². The summed E-state index contributed by atoms with van der Waals surface area (Å²) in [6, 6.07) is 10.5. The van der Waals surface area contributed by atoms with Crippen molar-refractivity contribution in [3.63, 3.8) is 0 Å². The normalized spacial score (nSPS) is 13.4. The highest BCUT2D eigenvalue weighted by molar-refractivity contribution is 5.77. The molecular weight excluding hydrogens is 212 g/mol. The molecule has 0 aliphatic rings. The molecule has 92 valence electrons. The third kappa shape index (κ3) is 2.68. The summed E-state index contributed by atoms with van der Waals surface area (Å²) >= 11 is 0. The Bertz CT molecular complexity index is 445. The van der Waals surface area contributed by atoms with E-state index in [1.54, 1.807) is 0 Å². The van der Waals surface area contributed by atoms with E-state index in [2.05, 4.69) is 36.3 Å². The van der Waals surface area contributed by atoms with Gasteiger partial charge >= 0.3 is 0 Å². The quantitative estimate of drug-likeness (QED) is 0.859. The highest BCUT2D eigenvalue weighted by Gasteiger charge is 2.15. The lowest BCUT2D eigenvalue weighted by Gasteiger charge is -2.20. The molecule has 1 N–H and O–H groups in total. The number of benzene rings is 1. The Balaban J connectivity index is 2.24. The molecule has 1 unspecified atom stereocenters. The second-order valence-corrected chi connectivity index (χ2v) is 4.38. The molecule has 0 bridgehead atoms. The molecule has 2 aromatic rings.